The van der Waals surface area contributed by atoms with Crippen molar-refractivity contribution in [3.05, 3.63) is 57.8 Å². The summed E-state index contributed by atoms with van der Waals surface area (Å²) >= 11 is 1.43. The number of amides is 3. The maximum atomic E-state index is 12.6. The molecule has 3 amide bonds. The van der Waals surface area contributed by atoms with Crippen molar-refractivity contribution in [1.29, 1.82) is 0 Å². The van der Waals surface area contributed by atoms with Gasteiger partial charge in [-0.2, -0.15) is 0 Å². The number of carbonyl (C=O) groups excluding carboxylic acids is 3. The van der Waals surface area contributed by atoms with E-state index in [9.17, 15) is 14.4 Å². The minimum Gasteiger partial charge on any atom is -0.352 e. The number of nitrogens with one attached hydrogen (secondary N) is 1. The largest absolute Gasteiger partial charge is 0.352 e. The highest BCUT2D eigenvalue weighted by molar-refractivity contribution is 7.12. The first-order valence-corrected chi connectivity index (χ1v) is 10.2. The van der Waals surface area contributed by atoms with E-state index >= 15 is 0 Å². The van der Waals surface area contributed by atoms with Gasteiger partial charge in [-0.15, -0.1) is 11.3 Å². The van der Waals surface area contributed by atoms with Crippen LogP contribution < -0.4 is 5.32 Å². The molecule has 0 bridgehead atoms. The van der Waals surface area contributed by atoms with E-state index in [1.54, 1.807) is 31.1 Å². The number of benzene rings is 1. The van der Waals surface area contributed by atoms with Crippen LogP contribution in [0.2, 0.25) is 0 Å². The third-order valence-corrected chi connectivity index (χ3v) is 5.74. The van der Waals surface area contributed by atoms with Crippen molar-refractivity contribution in [2.24, 2.45) is 5.92 Å². The third kappa shape index (κ3) is 4.78. The number of nitrogens with zero attached hydrogens (tertiary/aromatic N) is 2. The van der Waals surface area contributed by atoms with E-state index in [1.807, 2.05) is 29.6 Å². The maximum absolute atomic E-state index is 12.6. The van der Waals surface area contributed by atoms with Crippen LogP contribution >= 0.6 is 11.3 Å². The Morgan fingerprint density at radius 3 is 2.57 bits per heavy atom. The van der Waals surface area contributed by atoms with E-state index in [4.69, 9.17) is 0 Å². The van der Waals surface area contributed by atoms with E-state index in [1.165, 1.54) is 16.2 Å². The average Bonchev–Trinajstić information content (AvgIpc) is 3.26. The van der Waals surface area contributed by atoms with Crippen LogP contribution in [0.5, 0.6) is 0 Å². The van der Waals surface area contributed by atoms with Crippen molar-refractivity contribution in [2.75, 3.05) is 27.2 Å². The molecule has 6 nitrogen and oxygen atoms in total. The topological polar surface area (TPSA) is 69.7 Å². The van der Waals surface area contributed by atoms with Gasteiger partial charge in [0.2, 0.25) is 5.91 Å². The van der Waals surface area contributed by atoms with Crippen molar-refractivity contribution in [1.82, 2.24) is 15.1 Å². The third-order valence-electron chi connectivity index (χ3n) is 4.89. The minimum absolute atomic E-state index is 0.00801. The predicted octanol–water partition coefficient (Wildman–Crippen LogP) is 2.62. The van der Waals surface area contributed by atoms with Crippen LogP contribution in [-0.4, -0.2) is 54.7 Å². The van der Waals surface area contributed by atoms with Crippen LogP contribution in [0.1, 0.15) is 38.4 Å². The van der Waals surface area contributed by atoms with Gasteiger partial charge in [-0.25, -0.2) is 0 Å². The average molecular weight is 400 g/mol. The van der Waals surface area contributed by atoms with E-state index in [2.05, 4.69) is 5.32 Å². The van der Waals surface area contributed by atoms with Crippen LogP contribution in [0.4, 0.5) is 0 Å². The summed E-state index contributed by atoms with van der Waals surface area (Å²) in [5.41, 5.74) is 1.56. The molecule has 1 aromatic heterocycles. The van der Waals surface area contributed by atoms with Gasteiger partial charge in [0, 0.05) is 39.3 Å². The highest BCUT2D eigenvalue weighted by Crippen LogP contribution is 2.21. The lowest BCUT2D eigenvalue weighted by Gasteiger charge is -2.31. The Morgan fingerprint density at radius 1 is 1.18 bits per heavy atom. The first-order chi connectivity index (χ1) is 13.5. The Kier molecular flexibility index (Phi) is 6.46. The first-order valence-electron chi connectivity index (χ1n) is 9.37. The second-order valence-corrected chi connectivity index (χ2v) is 8.13. The van der Waals surface area contributed by atoms with Crippen LogP contribution in [-0.2, 0) is 11.3 Å². The summed E-state index contributed by atoms with van der Waals surface area (Å²) in [4.78, 5) is 41.1. The molecule has 2 heterocycles. The molecule has 1 saturated heterocycles. The Hall–Kier alpha value is -2.67. The van der Waals surface area contributed by atoms with Crippen molar-refractivity contribution in [3.63, 3.8) is 0 Å². The normalized spacial score (nSPS) is 16.5. The number of rotatable bonds is 5. The smallest absolute Gasteiger partial charge is 0.263 e. The van der Waals surface area contributed by atoms with Gasteiger partial charge in [0.05, 0.1) is 10.8 Å². The zero-order chi connectivity index (χ0) is 20.1. The quantitative estimate of drug-likeness (QED) is 0.840. The van der Waals surface area contributed by atoms with E-state index < -0.39 is 0 Å². The Labute approximate surface area is 169 Å². The summed E-state index contributed by atoms with van der Waals surface area (Å²) in [5, 5.41) is 4.85. The maximum Gasteiger partial charge on any atom is 0.263 e. The fourth-order valence-corrected chi connectivity index (χ4v) is 3.98. The van der Waals surface area contributed by atoms with Crippen LogP contribution in [0.25, 0.3) is 0 Å². The van der Waals surface area contributed by atoms with Crippen LogP contribution in [0.3, 0.4) is 0 Å². The van der Waals surface area contributed by atoms with Crippen molar-refractivity contribution in [2.45, 2.75) is 19.4 Å². The number of thiophene rings is 1. The highest BCUT2D eigenvalue weighted by atomic mass is 32.1. The highest BCUT2D eigenvalue weighted by Gasteiger charge is 2.29. The summed E-state index contributed by atoms with van der Waals surface area (Å²) in [6.07, 6.45) is 1.62. The van der Waals surface area contributed by atoms with Gasteiger partial charge in [-0.3, -0.25) is 14.4 Å². The van der Waals surface area contributed by atoms with E-state index in [-0.39, 0.29) is 23.6 Å². The molecule has 0 saturated carbocycles. The molecule has 1 N–H and O–H groups in total. The molecule has 0 spiro atoms. The second kappa shape index (κ2) is 9.01. The monoisotopic (exact) mass is 399 g/mol. The summed E-state index contributed by atoms with van der Waals surface area (Å²) in [6, 6.07) is 10.9. The van der Waals surface area contributed by atoms with Gasteiger partial charge in [-0.05, 0) is 42.0 Å². The SMILES string of the molecule is CN(C)C(=O)c1ccc(CNC(=O)C2CCCN(C(=O)c3cccs3)C2)cc1. The van der Waals surface area contributed by atoms with Crippen molar-refractivity contribution >= 4 is 29.1 Å². The fraction of sp³-hybridized carbons (Fsp3) is 0.381. The molecule has 148 valence electrons. The standard InChI is InChI=1S/C21H25N3O3S/c1-23(2)20(26)16-9-7-15(8-10-16)13-22-19(25)17-5-3-11-24(14-17)21(27)18-6-4-12-28-18/h4,6-10,12,17H,3,5,11,13-14H2,1-2H3,(H,22,25). The van der Waals surface area contributed by atoms with Gasteiger partial charge in [0.15, 0.2) is 0 Å². The van der Waals surface area contributed by atoms with Gasteiger partial charge in [0.25, 0.3) is 11.8 Å². The first kappa shape index (κ1) is 20.1. The minimum atomic E-state index is -0.188. The summed E-state index contributed by atoms with van der Waals surface area (Å²) < 4.78 is 0. The van der Waals surface area contributed by atoms with Crippen LogP contribution in [0, 0.1) is 5.92 Å². The zero-order valence-corrected chi connectivity index (χ0v) is 17.0. The molecule has 7 heteroatoms. The molecule has 0 radical (unpaired) electrons. The lowest BCUT2D eigenvalue weighted by molar-refractivity contribution is -0.126. The molecular formula is C21H25N3O3S. The lowest BCUT2D eigenvalue weighted by atomic mass is 9.97. The number of likely N-dealkylation sites (tertiary alicyclic amines) is 1. The molecule has 1 unspecified atom stereocenters. The molecule has 1 fully saturated rings. The fourth-order valence-electron chi connectivity index (χ4n) is 3.29. The summed E-state index contributed by atoms with van der Waals surface area (Å²) in [7, 11) is 3.43. The molecule has 1 aromatic carbocycles. The number of carbonyl (C=O) groups is 3. The molecule has 1 atom stereocenters. The molecule has 0 aliphatic carbocycles. The molecule has 2 aromatic rings. The molecule has 28 heavy (non-hydrogen) atoms. The van der Waals surface area contributed by atoms with Gasteiger partial charge >= 0.3 is 0 Å². The van der Waals surface area contributed by atoms with Crippen LogP contribution in [0.15, 0.2) is 41.8 Å². The predicted molar refractivity (Wildman–Crippen MR) is 109 cm³/mol. The Bertz CT molecular complexity index is 831. The zero-order valence-electron chi connectivity index (χ0n) is 16.2. The van der Waals surface area contributed by atoms with Gasteiger partial charge in [0.1, 0.15) is 0 Å². The Morgan fingerprint density at radius 2 is 1.93 bits per heavy atom. The molecular weight excluding hydrogens is 374 g/mol. The lowest BCUT2D eigenvalue weighted by Crippen LogP contribution is -2.45. The van der Waals surface area contributed by atoms with Gasteiger partial charge in [-0.1, -0.05) is 18.2 Å². The van der Waals surface area contributed by atoms with E-state index in [0.29, 0.717) is 30.1 Å². The Balaban J connectivity index is 1.53. The van der Waals surface area contributed by atoms with Crippen molar-refractivity contribution in [3.8, 4) is 0 Å². The van der Waals surface area contributed by atoms with E-state index in [0.717, 1.165) is 18.4 Å². The second-order valence-electron chi connectivity index (χ2n) is 7.18. The molecule has 3 rings (SSSR count). The van der Waals surface area contributed by atoms with Gasteiger partial charge < -0.3 is 15.1 Å². The molecule has 1 aliphatic rings. The summed E-state index contributed by atoms with van der Waals surface area (Å²) in [6.45, 7) is 1.56. The number of hydrogen-bond acceptors (Lipinski definition) is 4. The number of hydrogen-bond donors (Lipinski definition) is 1. The number of piperidine rings is 1. The molecule has 1 aliphatic heterocycles. The van der Waals surface area contributed by atoms with Crippen molar-refractivity contribution < 1.29 is 14.4 Å². The summed E-state index contributed by atoms with van der Waals surface area (Å²) in [5.74, 6) is -0.258.